The smallest absolute Gasteiger partial charge is 0.179 e. The lowest BCUT2D eigenvalue weighted by atomic mass is 10.1. The van der Waals surface area contributed by atoms with Gasteiger partial charge >= 0.3 is 0 Å². The van der Waals surface area contributed by atoms with Crippen molar-refractivity contribution in [2.24, 2.45) is 0 Å². The lowest BCUT2D eigenvalue weighted by Crippen LogP contribution is -2.46. The molecule has 0 heterocycles. The molecule has 0 unspecified atom stereocenters. The van der Waals surface area contributed by atoms with E-state index in [1.54, 1.807) is 24.1 Å². The van der Waals surface area contributed by atoms with Gasteiger partial charge in [-0.1, -0.05) is 6.07 Å². The molecule has 0 aliphatic carbocycles. The molecule has 0 bridgehead atoms. The highest BCUT2D eigenvalue weighted by molar-refractivity contribution is 7.91. The molecule has 0 aliphatic heterocycles. The van der Waals surface area contributed by atoms with E-state index in [1.807, 2.05) is 19.9 Å². The predicted molar refractivity (Wildman–Crippen MR) is 77.0 cm³/mol. The summed E-state index contributed by atoms with van der Waals surface area (Å²) < 4.78 is 24.4. The Labute approximate surface area is 120 Å². The van der Waals surface area contributed by atoms with E-state index in [9.17, 15) is 13.5 Å². The third-order valence-corrected chi connectivity index (χ3v) is 5.13. The van der Waals surface area contributed by atoms with Crippen LogP contribution in [-0.4, -0.2) is 49.9 Å². The Kier molecular flexibility index (Phi) is 5.28. The molecule has 110 valence electrons. The van der Waals surface area contributed by atoms with Crippen LogP contribution in [0.3, 0.4) is 0 Å². The van der Waals surface area contributed by atoms with Crippen molar-refractivity contribution in [3.63, 3.8) is 0 Å². The van der Waals surface area contributed by atoms with Gasteiger partial charge in [0.15, 0.2) is 9.84 Å². The van der Waals surface area contributed by atoms with Crippen molar-refractivity contribution < 1.29 is 13.5 Å². The van der Waals surface area contributed by atoms with Gasteiger partial charge in [-0.05, 0) is 39.1 Å². The molecule has 5 nitrogen and oxygen atoms in total. The predicted octanol–water partition coefficient (Wildman–Crippen LogP) is 1.03. The van der Waals surface area contributed by atoms with Crippen LogP contribution in [0, 0.1) is 11.3 Å². The molecule has 0 saturated carbocycles. The average molecular weight is 296 g/mol. The monoisotopic (exact) mass is 296 g/mol. The number of nitrogens with zero attached hydrogens (tertiary/aromatic N) is 2. The molecule has 1 N–H and O–H groups in total. The lowest BCUT2D eigenvalue weighted by Gasteiger charge is -2.33. The fourth-order valence-corrected chi connectivity index (χ4v) is 2.90. The number of likely N-dealkylation sites (N-methyl/N-ethyl adjacent to an activating group) is 1. The second-order valence-corrected chi connectivity index (χ2v) is 7.46. The fraction of sp³-hybridized carbons (Fsp3) is 0.500. The molecule has 0 aromatic heterocycles. The maximum atomic E-state index is 12.2. The van der Waals surface area contributed by atoms with Crippen molar-refractivity contribution in [1.82, 2.24) is 4.90 Å². The summed E-state index contributed by atoms with van der Waals surface area (Å²) in [4.78, 5) is 1.96. The summed E-state index contributed by atoms with van der Waals surface area (Å²) in [7, 11) is -1.66. The Morgan fingerprint density at radius 3 is 2.60 bits per heavy atom. The Morgan fingerprint density at radius 1 is 1.40 bits per heavy atom. The van der Waals surface area contributed by atoms with Gasteiger partial charge in [0.1, 0.15) is 0 Å². The van der Waals surface area contributed by atoms with Crippen LogP contribution >= 0.6 is 0 Å². The molecule has 20 heavy (non-hydrogen) atoms. The van der Waals surface area contributed by atoms with Gasteiger partial charge in [0.05, 0.1) is 28.9 Å². The van der Waals surface area contributed by atoms with Crippen molar-refractivity contribution in [2.45, 2.75) is 24.3 Å². The molecule has 0 fully saturated rings. The maximum Gasteiger partial charge on any atom is 0.179 e. The van der Waals surface area contributed by atoms with Gasteiger partial charge in [-0.15, -0.1) is 0 Å². The van der Waals surface area contributed by atoms with Crippen molar-refractivity contribution in [1.29, 1.82) is 5.26 Å². The van der Waals surface area contributed by atoms with E-state index in [2.05, 4.69) is 0 Å². The number of nitriles is 1. The zero-order valence-electron chi connectivity index (χ0n) is 12.0. The fourth-order valence-electron chi connectivity index (χ4n) is 1.56. The Hall–Kier alpha value is -1.42. The molecule has 0 radical (unpaired) electrons. The zero-order valence-corrected chi connectivity index (χ0v) is 12.8. The van der Waals surface area contributed by atoms with Crippen molar-refractivity contribution >= 4 is 9.84 Å². The SMILES string of the molecule is CN(CCS(=O)(=O)c1cccc(C#N)c1)C(C)(C)CO. The van der Waals surface area contributed by atoms with E-state index in [4.69, 9.17) is 5.26 Å². The number of sulfone groups is 1. The van der Waals surface area contributed by atoms with Gasteiger partial charge in [-0.3, -0.25) is 4.90 Å². The largest absolute Gasteiger partial charge is 0.394 e. The van der Waals surface area contributed by atoms with E-state index in [0.717, 1.165) is 0 Å². The van der Waals surface area contributed by atoms with Gasteiger partial charge in [0.25, 0.3) is 0 Å². The molecule has 0 amide bonds. The van der Waals surface area contributed by atoms with E-state index in [-0.39, 0.29) is 17.3 Å². The third kappa shape index (κ3) is 4.04. The number of hydrogen-bond acceptors (Lipinski definition) is 5. The number of rotatable bonds is 6. The normalized spacial score (nSPS) is 12.4. The van der Waals surface area contributed by atoms with Crippen LogP contribution in [0.15, 0.2) is 29.2 Å². The zero-order chi connectivity index (χ0) is 15.4. The van der Waals surface area contributed by atoms with Crippen LogP contribution < -0.4 is 0 Å². The second-order valence-electron chi connectivity index (χ2n) is 5.35. The van der Waals surface area contributed by atoms with Gasteiger partial charge in [-0.2, -0.15) is 5.26 Å². The summed E-state index contributed by atoms with van der Waals surface area (Å²) in [5.41, 5.74) is -0.139. The Bertz CT molecular complexity index is 603. The third-order valence-electron chi connectivity index (χ3n) is 3.44. The van der Waals surface area contributed by atoms with Gasteiger partial charge in [-0.25, -0.2) is 8.42 Å². The van der Waals surface area contributed by atoms with Crippen molar-refractivity contribution in [3.8, 4) is 6.07 Å². The van der Waals surface area contributed by atoms with E-state index in [1.165, 1.54) is 12.1 Å². The van der Waals surface area contributed by atoms with Gasteiger partial charge in [0.2, 0.25) is 0 Å². The number of benzene rings is 1. The van der Waals surface area contributed by atoms with Crippen molar-refractivity contribution in [3.05, 3.63) is 29.8 Å². The van der Waals surface area contributed by atoms with Crippen LogP contribution in [0.5, 0.6) is 0 Å². The molecule has 1 aromatic carbocycles. The first kappa shape index (κ1) is 16.6. The van der Waals surface area contributed by atoms with Crippen LogP contribution in [0.4, 0.5) is 0 Å². The average Bonchev–Trinajstić information content (AvgIpc) is 2.44. The molecule has 0 saturated heterocycles. The first-order valence-corrected chi connectivity index (χ1v) is 7.93. The quantitative estimate of drug-likeness (QED) is 0.848. The van der Waals surface area contributed by atoms with E-state index in [0.29, 0.717) is 12.1 Å². The summed E-state index contributed by atoms with van der Waals surface area (Å²) in [5.74, 6) is -0.0538. The summed E-state index contributed by atoms with van der Waals surface area (Å²) in [6, 6.07) is 7.94. The second kappa shape index (κ2) is 6.35. The summed E-state index contributed by atoms with van der Waals surface area (Å²) in [5, 5.41) is 18.1. The summed E-state index contributed by atoms with van der Waals surface area (Å²) >= 11 is 0. The topological polar surface area (TPSA) is 81.4 Å². The molecule has 1 rings (SSSR count). The Balaban J connectivity index is 2.83. The minimum atomic E-state index is -3.43. The van der Waals surface area contributed by atoms with E-state index < -0.39 is 15.4 Å². The first-order chi connectivity index (χ1) is 9.23. The summed E-state index contributed by atoms with van der Waals surface area (Å²) in [6.45, 7) is 3.95. The van der Waals surface area contributed by atoms with E-state index >= 15 is 0 Å². The molecule has 1 aromatic rings. The minimum absolute atomic E-state index is 0.0481. The minimum Gasteiger partial charge on any atom is -0.394 e. The first-order valence-electron chi connectivity index (χ1n) is 6.28. The molecule has 0 spiro atoms. The van der Waals surface area contributed by atoms with Crippen LogP contribution in [-0.2, 0) is 9.84 Å². The van der Waals surface area contributed by atoms with Crippen LogP contribution in [0.25, 0.3) is 0 Å². The summed E-state index contributed by atoms with van der Waals surface area (Å²) in [6.07, 6.45) is 0. The van der Waals surface area contributed by atoms with Crippen LogP contribution in [0.2, 0.25) is 0 Å². The highest BCUT2D eigenvalue weighted by Gasteiger charge is 2.24. The standard InChI is InChI=1S/C14H20N2O3S/c1-14(2,11-17)16(3)7-8-20(18,19)13-6-4-5-12(9-13)10-15/h4-6,9,17H,7-8,11H2,1-3H3. The highest BCUT2D eigenvalue weighted by atomic mass is 32.2. The molecule has 0 atom stereocenters. The highest BCUT2D eigenvalue weighted by Crippen LogP contribution is 2.15. The molecule has 0 aliphatic rings. The van der Waals surface area contributed by atoms with Crippen LogP contribution in [0.1, 0.15) is 19.4 Å². The van der Waals surface area contributed by atoms with Crippen molar-refractivity contribution in [2.75, 3.05) is 26.0 Å². The number of aliphatic hydroxyl groups is 1. The van der Waals surface area contributed by atoms with Gasteiger partial charge < -0.3 is 5.11 Å². The van der Waals surface area contributed by atoms with Gasteiger partial charge in [0, 0.05) is 12.1 Å². The molecule has 6 heteroatoms. The lowest BCUT2D eigenvalue weighted by molar-refractivity contribution is 0.0841. The molecular weight excluding hydrogens is 276 g/mol. The number of aliphatic hydroxyl groups excluding tert-OH is 1. The molecular formula is C14H20N2O3S. The Morgan fingerprint density at radius 2 is 2.05 bits per heavy atom. The number of hydrogen-bond donors (Lipinski definition) is 1. The maximum absolute atomic E-state index is 12.2.